The molecule has 0 unspecified atom stereocenters. The highest BCUT2D eigenvalue weighted by molar-refractivity contribution is 6.10. The van der Waals surface area contributed by atoms with Gasteiger partial charge >= 0.3 is 5.97 Å². The van der Waals surface area contributed by atoms with Gasteiger partial charge in [-0.1, -0.05) is 49.7 Å². The first kappa shape index (κ1) is 18.3. The summed E-state index contributed by atoms with van der Waals surface area (Å²) in [6.45, 7) is 7.32. The van der Waals surface area contributed by atoms with E-state index < -0.39 is 0 Å². The Labute approximate surface area is 165 Å². The Bertz CT molecular complexity index is 1160. The SMILES string of the molecule is CCCc1c(OC(=O)c2ccccc2)cc2c(c1C)c1ccccc1n2CC. The van der Waals surface area contributed by atoms with E-state index in [0.29, 0.717) is 11.3 Å². The predicted octanol–water partition coefficient (Wildman–Crippen LogP) is 6.29. The van der Waals surface area contributed by atoms with Crippen LogP contribution in [-0.4, -0.2) is 10.5 Å². The number of carbonyl (C=O) groups excluding carboxylic acids is 1. The van der Waals surface area contributed by atoms with Crippen LogP contribution in [0.4, 0.5) is 0 Å². The van der Waals surface area contributed by atoms with Gasteiger partial charge in [0.1, 0.15) is 5.75 Å². The molecule has 0 amide bonds. The summed E-state index contributed by atoms with van der Waals surface area (Å²) in [6.07, 6.45) is 1.87. The molecule has 0 saturated heterocycles. The van der Waals surface area contributed by atoms with Crippen molar-refractivity contribution < 1.29 is 9.53 Å². The minimum Gasteiger partial charge on any atom is -0.423 e. The van der Waals surface area contributed by atoms with Crippen LogP contribution in [0.1, 0.15) is 41.8 Å². The molecule has 3 heteroatoms. The van der Waals surface area contributed by atoms with Gasteiger partial charge < -0.3 is 9.30 Å². The standard InChI is InChI=1S/C25H25NO2/c1-4-11-19-17(3)24-20-14-9-10-15-21(20)26(5-2)22(24)16-23(19)28-25(27)18-12-7-6-8-13-18/h6-10,12-16H,4-5,11H2,1-3H3. The second-order valence-electron chi connectivity index (χ2n) is 7.14. The minimum absolute atomic E-state index is 0.309. The van der Waals surface area contributed by atoms with Gasteiger partial charge in [0.2, 0.25) is 0 Å². The van der Waals surface area contributed by atoms with Crippen LogP contribution in [0, 0.1) is 6.92 Å². The van der Waals surface area contributed by atoms with E-state index in [9.17, 15) is 4.79 Å². The van der Waals surface area contributed by atoms with Gasteiger partial charge in [0.25, 0.3) is 0 Å². The second-order valence-corrected chi connectivity index (χ2v) is 7.14. The third-order valence-electron chi connectivity index (χ3n) is 5.43. The van der Waals surface area contributed by atoms with Crippen LogP contribution in [0.5, 0.6) is 5.75 Å². The molecule has 0 bridgehead atoms. The highest BCUT2D eigenvalue weighted by Gasteiger charge is 2.19. The Kier molecular flexibility index (Phi) is 4.91. The number of carbonyl (C=O) groups is 1. The number of nitrogens with zero attached hydrogens (tertiary/aromatic N) is 1. The van der Waals surface area contributed by atoms with Crippen LogP contribution < -0.4 is 4.74 Å². The number of hydrogen-bond acceptors (Lipinski definition) is 2. The molecule has 0 aliphatic heterocycles. The normalized spacial score (nSPS) is 11.2. The first-order valence-corrected chi connectivity index (χ1v) is 9.96. The number of rotatable bonds is 5. The van der Waals surface area contributed by atoms with Crippen LogP contribution in [0.25, 0.3) is 21.8 Å². The van der Waals surface area contributed by atoms with Crippen molar-refractivity contribution in [1.29, 1.82) is 0 Å². The molecule has 0 spiro atoms. The van der Waals surface area contributed by atoms with E-state index >= 15 is 0 Å². The molecule has 0 saturated carbocycles. The summed E-state index contributed by atoms with van der Waals surface area (Å²) < 4.78 is 8.22. The van der Waals surface area contributed by atoms with Crippen molar-refractivity contribution in [2.24, 2.45) is 0 Å². The Morgan fingerprint density at radius 3 is 2.39 bits per heavy atom. The summed E-state index contributed by atoms with van der Waals surface area (Å²) in [5.41, 5.74) is 5.24. The van der Waals surface area contributed by atoms with Gasteiger partial charge in [0.15, 0.2) is 0 Å². The maximum Gasteiger partial charge on any atom is 0.343 e. The third-order valence-corrected chi connectivity index (χ3v) is 5.43. The summed E-state index contributed by atoms with van der Waals surface area (Å²) >= 11 is 0. The molecule has 0 aliphatic carbocycles. The molecular weight excluding hydrogens is 346 g/mol. The van der Waals surface area contributed by atoms with Crippen molar-refractivity contribution in [2.75, 3.05) is 0 Å². The Balaban J connectivity index is 1.94. The lowest BCUT2D eigenvalue weighted by Gasteiger charge is -2.15. The molecule has 0 fully saturated rings. The van der Waals surface area contributed by atoms with Gasteiger partial charge in [-0.15, -0.1) is 0 Å². The van der Waals surface area contributed by atoms with Crippen molar-refractivity contribution in [1.82, 2.24) is 4.57 Å². The van der Waals surface area contributed by atoms with Gasteiger partial charge in [-0.3, -0.25) is 0 Å². The summed E-state index contributed by atoms with van der Waals surface area (Å²) in [4.78, 5) is 12.7. The predicted molar refractivity (Wildman–Crippen MR) is 115 cm³/mol. The summed E-state index contributed by atoms with van der Waals surface area (Å²) in [5, 5.41) is 2.52. The molecule has 0 N–H and O–H groups in total. The highest BCUT2D eigenvalue weighted by atomic mass is 16.5. The van der Waals surface area contributed by atoms with Gasteiger partial charge in [-0.05, 0) is 49.6 Å². The Morgan fingerprint density at radius 1 is 0.964 bits per heavy atom. The summed E-state index contributed by atoms with van der Waals surface area (Å²) in [6, 6.07) is 19.7. The second kappa shape index (κ2) is 7.51. The molecule has 0 aliphatic rings. The number of hydrogen-bond donors (Lipinski definition) is 0. The zero-order valence-corrected chi connectivity index (χ0v) is 16.7. The molecule has 142 valence electrons. The molecule has 1 aromatic heterocycles. The zero-order valence-electron chi connectivity index (χ0n) is 16.7. The van der Waals surface area contributed by atoms with Crippen molar-refractivity contribution >= 4 is 27.8 Å². The third kappa shape index (κ3) is 2.97. The number of para-hydroxylation sites is 1. The maximum absolute atomic E-state index is 12.7. The molecule has 0 atom stereocenters. The quantitative estimate of drug-likeness (QED) is 0.305. The number of aryl methyl sites for hydroxylation is 2. The highest BCUT2D eigenvalue weighted by Crippen LogP contribution is 2.38. The fourth-order valence-corrected chi connectivity index (χ4v) is 4.14. The maximum atomic E-state index is 12.7. The smallest absolute Gasteiger partial charge is 0.343 e. The van der Waals surface area contributed by atoms with Crippen molar-refractivity contribution in [3.05, 3.63) is 77.4 Å². The number of esters is 1. The molecule has 28 heavy (non-hydrogen) atoms. The number of ether oxygens (including phenoxy) is 1. The van der Waals surface area contributed by atoms with Gasteiger partial charge in [0.05, 0.1) is 11.1 Å². The van der Waals surface area contributed by atoms with Crippen molar-refractivity contribution in [2.45, 2.75) is 40.2 Å². The molecule has 3 aromatic carbocycles. The average molecular weight is 371 g/mol. The fourth-order valence-electron chi connectivity index (χ4n) is 4.14. The number of aromatic nitrogens is 1. The van der Waals surface area contributed by atoms with Gasteiger partial charge in [-0.2, -0.15) is 0 Å². The molecule has 0 radical (unpaired) electrons. The van der Waals surface area contributed by atoms with Gasteiger partial charge in [0, 0.05) is 28.9 Å². The monoisotopic (exact) mass is 371 g/mol. The average Bonchev–Trinajstić information content (AvgIpc) is 3.04. The van der Waals surface area contributed by atoms with Gasteiger partial charge in [-0.25, -0.2) is 4.79 Å². The van der Waals surface area contributed by atoms with Crippen LogP contribution in [-0.2, 0) is 13.0 Å². The lowest BCUT2D eigenvalue weighted by Crippen LogP contribution is -2.10. The molecular formula is C25H25NO2. The van der Waals surface area contributed by atoms with E-state index in [1.54, 1.807) is 12.1 Å². The minimum atomic E-state index is -0.309. The fraction of sp³-hybridized carbons (Fsp3) is 0.240. The molecule has 4 aromatic rings. The largest absolute Gasteiger partial charge is 0.423 e. The van der Waals surface area contributed by atoms with Crippen LogP contribution >= 0.6 is 0 Å². The van der Waals surface area contributed by atoms with Crippen LogP contribution in [0.15, 0.2) is 60.7 Å². The molecule has 3 nitrogen and oxygen atoms in total. The van der Waals surface area contributed by atoms with Crippen molar-refractivity contribution in [3.8, 4) is 5.75 Å². The number of fused-ring (bicyclic) bond motifs is 3. The first-order chi connectivity index (χ1) is 13.7. The van der Waals surface area contributed by atoms with Crippen LogP contribution in [0.2, 0.25) is 0 Å². The van der Waals surface area contributed by atoms with E-state index in [1.807, 2.05) is 18.2 Å². The van der Waals surface area contributed by atoms with E-state index in [2.05, 4.69) is 55.7 Å². The Hall–Kier alpha value is -3.07. The zero-order chi connectivity index (χ0) is 19.7. The molecule has 1 heterocycles. The summed E-state index contributed by atoms with van der Waals surface area (Å²) in [5.74, 6) is 0.370. The Morgan fingerprint density at radius 2 is 1.68 bits per heavy atom. The topological polar surface area (TPSA) is 31.2 Å². The summed E-state index contributed by atoms with van der Waals surface area (Å²) in [7, 11) is 0. The first-order valence-electron chi connectivity index (χ1n) is 9.96. The van der Waals surface area contributed by atoms with E-state index in [0.717, 1.165) is 30.5 Å². The molecule has 4 rings (SSSR count). The van der Waals surface area contributed by atoms with E-state index in [-0.39, 0.29) is 5.97 Å². The lowest BCUT2D eigenvalue weighted by atomic mass is 9.97. The van der Waals surface area contributed by atoms with E-state index in [4.69, 9.17) is 4.74 Å². The van der Waals surface area contributed by atoms with Crippen LogP contribution in [0.3, 0.4) is 0 Å². The van der Waals surface area contributed by atoms with E-state index in [1.165, 1.54) is 21.9 Å². The van der Waals surface area contributed by atoms with Crippen molar-refractivity contribution in [3.63, 3.8) is 0 Å². The lowest BCUT2D eigenvalue weighted by molar-refractivity contribution is 0.0733. The number of benzene rings is 3.